The number of rotatable bonds is 3. The van der Waals surface area contributed by atoms with Crippen molar-refractivity contribution in [3.63, 3.8) is 0 Å². The van der Waals surface area contributed by atoms with E-state index in [0.717, 1.165) is 13.0 Å². The predicted octanol–water partition coefficient (Wildman–Crippen LogP) is 0.285. The predicted molar refractivity (Wildman–Crippen MR) is 72.7 cm³/mol. The van der Waals surface area contributed by atoms with Gasteiger partial charge in [-0.15, -0.1) is 0 Å². The molecule has 0 aromatic heterocycles. The van der Waals surface area contributed by atoms with Crippen LogP contribution in [0.4, 0.5) is 5.69 Å². The van der Waals surface area contributed by atoms with Crippen LogP contribution >= 0.6 is 0 Å². The van der Waals surface area contributed by atoms with E-state index in [0.29, 0.717) is 23.4 Å². The molecule has 0 saturated carbocycles. The van der Waals surface area contributed by atoms with E-state index in [1.54, 1.807) is 23.1 Å². The van der Waals surface area contributed by atoms with E-state index in [1.807, 2.05) is 6.92 Å². The zero-order chi connectivity index (χ0) is 14.3. The lowest BCUT2D eigenvalue weighted by atomic mass is 10.1. The molecule has 20 heavy (non-hydrogen) atoms. The van der Waals surface area contributed by atoms with Crippen LogP contribution in [0.5, 0.6) is 0 Å². The summed E-state index contributed by atoms with van der Waals surface area (Å²) in [5.41, 5.74) is 1.37. The largest absolute Gasteiger partial charge is 0.311 e. The molecule has 1 aromatic rings. The number of nitrogens with one attached hydrogen (secondary N) is 2. The maximum absolute atomic E-state index is 12.2. The molecule has 2 heterocycles. The summed E-state index contributed by atoms with van der Waals surface area (Å²) < 4.78 is 0. The first-order valence-corrected chi connectivity index (χ1v) is 6.66. The normalized spacial score (nSPS) is 21.4. The van der Waals surface area contributed by atoms with E-state index >= 15 is 0 Å². The van der Waals surface area contributed by atoms with Crippen LogP contribution in [0.25, 0.3) is 0 Å². The van der Waals surface area contributed by atoms with Gasteiger partial charge in [-0.3, -0.25) is 19.7 Å². The van der Waals surface area contributed by atoms with E-state index < -0.39 is 5.91 Å². The average Bonchev–Trinajstić information content (AvgIpc) is 2.92. The van der Waals surface area contributed by atoms with E-state index in [4.69, 9.17) is 0 Å². The van der Waals surface area contributed by atoms with Crippen LogP contribution in [0.15, 0.2) is 18.2 Å². The number of benzene rings is 1. The van der Waals surface area contributed by atoms with Gasteiger partial charge in [0.2, 0.25) is 5.91 Å². The SMILES string of the molecule is CCNC1CCN(c2ccc3c(c2)C(=O)NC3=O)C1=O. The van der Waals surface area contributed by atoms with E-state index in [1.165, 1.54) is 0 Å². The fourth-order valence-corrected chi connectivity index (χ4v) is 2.70. The molecular weight excluding hydrogens is 258 g/mol. The molecule has 1 atom stereocenters. The molecule has 3 amide bonds. The number of hydrogen-bond donors (Lipinski definition) is 2. The first kappa shape index (κ1) is 12.8. The summed E-state index contributed by atoms with van der Waals surface area (Å²) in [6.07, 6.45) is 0.745. The second kappa shape index (κ2) is 4.72. The molecule has 6 heteroatoms. The van der Waals surface area contributed by atoms with Gasteiger partial charge in [-0.05, 0) is 31.2 Å². The van der Waals surface area contributed by atoms with Crippen molar-refractivity contribution < 1.29 is 14.4 Å². The fourth-order valence-electron chi connectivity index (χ4n) is 2.70. The Morgan fingerprint density at radius 2 is 2.00 bits per heavy atom. The molecule has 6 nitrogen and oxygen atoms in total. The summed E-state index contributed by atoms with van der Waals surface area (Å²) >= 11 is 0. The van der Waals surface area contributed by atoms with Crippen molar-refractivity contribution in [2.45, 2.75) is 19.4 Å². The van der Waals surface area contributed by atoms with Gasteiger partial charge in [-0.25, -0.2) is 0 Å². The minimum absolute atomic E-state index is 0.0107. The third-order valence-corrected chi connectivity index (χ3v) is 3.69. The molecule has 104 valence electrons. The van der Waals surface area contributed by atoms with Gasteiger partial charge in [-0.2, -0.15) is 0 Å². The molecule has 1 fully saturated rings. The molecule has 1 aromatic carbocycles. The van der Waals surface area contributed by atoms with Crippen molar-refractivity contribution >= 4 is 23.4 Å². The van der Waals surface area contributed by atoms with Crippen LogP contribution in [0.2, 0.25) is 0 Å². The Morgan fingerprint density at radius 1 is 1.25 bits per heavy atom. The van der Waals surface area contributed by atoms with Crippen LogP contribution in [0.3, 0.4) is 0 Å². The van der Waals surface area contributed by atoms with Gasteiger partial charge < -0.3 is 10.2 Å². The van der Waals surface area contributed by atoms with Gasteiger partial charge in [0.1, 0.15) is 0 Å². The zero-order valence-corrected chi connectivity index (χ0v) is 11.1. The Labute approximate surface area is 116 Å². The van der Waals surface area contributed by atoms with Crippen molar-refractivity contribution in [3.8, 4) is 0 Å². The van der Waals surface area contributed by atoms with Gasteiger partial charge in [0.25, 0.3) is 11.8 Å². The van der Waals surface area contributed by atoms with Crippen LogP contribution < -0.4 is 15.5 Å². The summed E-state index contributed by atoms with van der Waals surface area (Å²) in [5, 5.41) is 5.38. The third kappa shape index (κ3) is 1.89. The number of fused-ring (bicyclic) bond motifs is 1. The smallest absolute Gasteiger partial charge is 0.259 e. The molecular formula is C14H15N3O3. The third-order valence-electron chi connectivity index (χ3n) is 3.69. The van der Waals surface area contributed by atoms with Crippen molar-refractivity contribution in [1.82, 2.24) is 10.6 Å². The summed E-state index contributed by atoms with van der Waals surface area (Å²) in [6, 6.07) is 4.76. The van der Waals surface area contributed by atoms with Gasteiger partial charge in [0.15, 0.2) is 0 Å². The van der Waals surface area contributed by atoms with Gasteiger partial charge in [0.05, 0.1) is 17.2 Å². The molecule has 0 aliphatic carbocycles. The molecule has 2 N–H and O–H groups in total. The van der Waals surface area contributed by atoms with Gasteiger partial charge in [-0.1, -0.05) is 6.92 Å². The topological polar surface area (TPSA) is 78.5 Å². The lowest BCUT2D eigenvalue weighted by molar-refractivity contribution is -0.118. The van der Waals surface area contributed by atoms with Crippen molar-refractivity contribution in [1.29, 1.82) is 0 Å². The maximum Gasteiger partial charge on any atom is 0.259 e. The lowest BCUT2D eigenvalue weighted by Crippen LogP contribution is -2.38. The Bertz CT molecular complexity index is 612. The number of likely N-dealkylation sites (N-methyl/N-ethyl adjacent to an activating group) is 1. The number of carbonyl (C=O) groups is 3. The maximum atomic E-state index is 12.2. The number of nitrogens with zero attached hydrogens (tertiary/aromatic N) is 1. The fraction of sp³-hybridized carbons (Fsp3) is 0.357. The molecule has 3 rings (SSSR count). The van der Waals surface area contributed by atoms with Crippen molar-refractivity contribution in [3.05, 3.63) is 29.3 Å². The summed E-state index contributed by atoms with van der Waals surface area (Å²) in [5.74, 6) is -0.770. The summed E-state index contributed by atoms with van der Waals surface area (Å²) in [4.78, 5) is 37.0. The molecule has 0 radical (unpaired) electrons. The number of hydrogen-bond acceptors (Lipinski definition) is 4. The first-order chi connectivity index (χ1) is 9.61. The van der Waals surface area contributed by atoms with Crippen molar-refractivity contribution in [2.75, 3.05) is 18.0 Å². The van der Waals surface area contributed by atoms with E-state index in [9.17, 15) is 14.4 Å². The monoisotopic (exact) mass is 273 g/mol. The average molecular weight is 273 g/mol. The standard InChI is InChI=1S/C14H15N3O3/c1-2-15-11-5-6-17(14(11)20)8-3-4-9-10(7-8)13(19)16-12(9)18/h3-4,7,11,15H,2,5-6H2,1H3,(H,16,18,19). The van der Waals surface area contributed by atoms with Gasteiger partial charge >= 0.3 is 0 Å². The minimum atomic E-state index is -0.401. The summed E-state index contributed by atoms with van der Waals surface area (Å²) in [7, 11) is 0. The minimum Gasteiger partial charge on any atom is -0.311 e. The molecule has 2 aliphatic heterocycles. The van der Waals surface area contributed by atoms with Crippen LogP contribution in [-0.2, 0) is 4.79 Å². The Hall–Kier alpha value is -2.21. The van der Waals surface area contributed by atoms with Gasteiger partial charge in [0, 0.05) is 12.2 Å². The Balaban J connectivity index is 1.90. The highest BCUT2D eigenvalue weighted by molar-refractivity contribution is 6.22. The number of carbonyl (C=O) groups excluding carboxylic acids is 3. The molecule has 0 bridgehead atoms. The zero-order valence-electron chi connectivity index (χ0n) is 11.1. The van der Waals surface area contributed by atoms with Crippen LogP contribution in [-0.4, -0.2) is 36.9 Å². The van der Waals surface area contributed by atoms with E-state index in [-0.39, 0.29) is 17.9 Å². The molecule has 1 saturated heterocycles. The Morgan fingerprint density at radius 3 is 2.75 bits per heavy atom. The second-order valence-electron chi connectivity index (χ2n) is 4.90. The van der Waals surface area contributed by atoms with Crippen molar-refractivity contribution in [2.24, 2.45) is 0 Å². The highest BCUT2D eigenvalue weighted by Crippen LogP contribution is 2.26. The lowest BCUT2D eigenvalue weighted by Gasteiger charge is -2.17. The van der Waals surface area contributed by atoms with Crippen LogP contribution in [0.1, 0.15) is 34.1 Å². The second-order valence-corrected chi connectivity index (χ2v) is 4.90. The quantitative estimate of drug-likeness (QED) is 0.776. The summed E-state index contributed by atoms with van der Waals surface area (Å²) in [6.45, 7) is 3.32. The van der Waals surface area contributed by atoms with E-state index in [2.05, 4.69) is 10.6 Å². The number of imide groups is 1. The first-order valence-electron chi connectivity index (χ1n) is 6.66. The Kier molecular flexibility index (Phi) is 3.02. The highest BCUT2D eigenvalue weighted by Gasteiger charge is 2.33. The number of amides is 3. The molecule has 0 spiro atoms. The van der Waals surface area contributed by atoms with Crippen LogP contribution in [0, 0.1) is 0 Å². The molecule has 1 unspecified atom stereocenters. The highest BCUT2D eigenvalue weighted by atomic mass is 16.2. The molecule has 2 aliphatic rings. The number of anilines is 1.